The van der Waals surface area contributed by atoms with Gasteiger partial charge < -0.3 is 24.8 Å². The summed E-state index contributed by atoms with van der Waals surface area (Å²) in [4.78, 5) is 18.4. The van der Waals surface area contributed by atoms with Crippen molar-refractivity contribution in [3.05, 3.63) is 11.6 Å². The number of carbonyl (C=O) groups excluding carboxylic acids is 1. The molecule has 0 spiro atoms. The monoisotopic (exact) mass is 519 g/mol. The molecule has 164 valence electrons. The molecule has 2 aliphatic rings. The highest BCUT2D eigenvalue weighted by Gasteiger charge is 2.24. The Morgan fingerprint density at radius 1 is 1.17 bits per heavy atom. The molecule has 29 heavy (non-hydrogen) atoms. The van der Waals surface area contributed by atoms with Gasteiger partial charge in [-0.2, -0.15) is 0 Å². The smallest absolute Gasteiger partial charge is 0.409 e. The summed E-state index contributed by atoms with van der Waals surface area (Å²) in [6.45, 7) is 8.02. The van der Waals surface area contributed by atoms with Crippen molar-refractivity contribution in [3.63, 3.8) is 0 Å². The fraction of sp³-hybridized carbons (Fsp3) is 0.789. The van der Waals surface area contributed by atoms with E-state index in [1.807, 2.05) is 6.92 Å². The normalized spacial score (nSPS) is 17.7. The van der Waals surface area contributed by atoms with E-state index in [9.17, 15) is 4.79 Å². The van der Waals surface area contributed by atoms with Crippen LogP contribution in [0.25, 0.3) is 0 Å². The third kappa shape index (κ3) is 6.71. The van der Waals surface area contributed by atoms with Gasteiger partial charge in [-0.1, -0.05) is 6.42 Å². The second kappa shape index (κ2) is 12.2. The molecule has 0 radical (unpaired) electrons. The molecule has 0 saturated carbocycles. The standard InChI is InChI=1S/C19H33N7O2.HI/c1-3-20-18(22-15-9-12-25(13-10-15)19(27)28-4-2)21-14-17-24-23-16-8-6-5-7-11-26(16)17;/h15H,3-14H2,1-2H3,(H2,20,21,22);1H. The molecular formula is C19H34IN7O2. The number of aliphatic imine (C=N–C) groups is 1. The van der Waals surface area contributed by atoms with Crippen LogP contribution in [0.2, 0.25) is 0 Å². The van der Waals surface area contributed by atoms with Gasteiger partial charge in [-0.25, -0.2) is 9.79 Å². The minimum atomic E-state index is -0.214. The third-order valence-electron chi connectivity index (χ3n) is 5.27. The molecular weight excluding hydrogens is 485 g/mol. The number of nitrogens with zero attached hydrogens (tertiary/aromatic N) is 5. The molecule has 0 atom stereocenters. The van der Waals surface area contributed by atoms with Gasteiger partial charge in [0, 0.05) is 38.6 Å². The van der Waals surface area contributed by atoms with Crippen LogP contribution in [-0.4, -0.2) is 64.0 Å². The average molecular weight is 519 g/mol. The van der Waals surface area contributed by atoms with Gasteiger partial charge in [-0.3, -0.25) is 0 Å². The summed E-state index contributed by atoms with van der Waals surface area (Å²) in [6.07, 6.45) is 6.17. The van der Waals surface area contributed by atoms with Crippen molar-refractivity contribution < 1.29 is 9.53 Å². The highest BCUT2D eigenvalue weighted by atomic mass is 127. The fourth-order valence-electron chi connectivity index (χ4n) is 3.75. The van der Waals surface area contributed by atoms with Crippen LogP contribution in [0.3, 0.4) is 0 Å². The maximum atomic E-state index is 11.8. The summed E-state index contributed by atoms with van der Waals surface area (Å²) >= 11 is 0. The summed E-state index contributed by atoms with van der Waals surface area (Å²) in [7, 11) is 0. The number of aromatic nitrogens is 3. The van der Waals surface area contributed by atoms with Gasteiger partial charge in [0.25, 0.3) is 0 Å². The van der Waals surface area contributed by atoms with Crippen LogP contribution in [0.15, 0.2) is 4.99 Å². The number of hydrogen-bond acceptors (Lipinski definition) is 5. The predicted octanol–water partition coefficient (Wildman–Crippen LogP) is 2.30. The lowest BCUT2D eigenvalue weighted by atomic mass is 10.1. The van der Waals surface area contributed by atoms with Crippen molar-refractivity contribution in [3.8, 4) is 0 Å². The van der Waals surface area contributed by atoms with Crippen molar-refractivity contribution >= 4 is 36.0 Å². The Bertz CT molecular complexity index is 672. The van der Waals surface area contributed by atoms with E-state index >= 15 is 0 Å². The highest BCUT2D eigenvalue weighted by molar-refractivity contribution is 14.0. The van der Waals surface area contributed by atoms with Crippen molar-refractivity contribution in [2.24, 2.45) is 4.99 Å². The summed E-state index contributed by atoms with van der Waals surface area (Å²) in [5.74, 6) is 2.82. The van der Waals surface area contributed by atoms with E-state index in [2.05, 4.69) is 32.3 Å². The molecule has 3 heterocycles. The van der Waals surface area contributed by atoms with E-state index in [1.165, 1.54) is 19.3 Å². The number of hydrogen-bond donors (Lipinski definition) is 2. The molecule has 0 unspecified atom stereocenters. The molecule has 0 bridgehead atoms. The molecule has 10 heteroatoms. The third-order valence-corrected chi connectivity index (χ3v) is 5.27. The van der Waals surface area contributed by atoms with Crippen LogP contribution in [0.5, 0.6) is 0 Å². The second-order valence-corrected chi connectivity index (χ2v) is 7.29. The maximum Gasteiger partial charge on any atom is 0.409 e. The molecule has 1 amide bonds. The van der Waals surface area contributed by atoms with Crippen LogP contribution in [0.1, 0.15) is 57.6 Å². The zero-order valence-corrected chi connectivity index (χ0v) is 19.9. The fourth-order valence-corrected chi connectivity index (χ4v) is 3.75. The number of rotatable bonds is 5. The number of fused-ring (bicyclic) bond motifs is 1. The van der Waals surface area contributed by atoms with Gasteiger partial charge in [0.1, 0.15) is 12.4 Å². The first kappa shape index (κ1) is 23.7. The molecule has 0 aromatic carbocycles. The van der Waals surface area contributed by atoms with E-state index in [-0.39, 0.29) is 30.1 Å². The Kier molecular flexibility index (Phi) is 9.95. The molecule has 1 aromatic heterocycles. The lowest BCUT2D eigenvalue weighted by Crippen LogP contribution is -2.49. The highest BCUT2D eigenvalue weighted by Crippen LogP contribution is 2.15. The minimum Gasteiger partial charge on any atom is -0.450 e. The molecule has 0 aliphatic carbocycles. The van der Waals surface area contributed by atoms with Crippen molar-refractivity contribution in [1.82, 2.24) is 30.3 Å². The number of halogens is 1. The second-order valence-electron chi connectivity index (χ2n) is 7.29. The van der Waals surface area contributed by atoms with Gasteiger partial charge >= 0.3 is 6.09 Å². The Morgan fingerprint density at radius 2 is 1.97 bits per heavy atom. The maximum absolute atomic E-state index is 11.8. The topological polar surface area (TPSA) is 96.7 Å². The number of nitrogens with one attached hydrogen (secondary N) is 2. The zero-order valence-electron chi connectivity index (χ0n) is 17.5. The van der Waals surface area contributed by atoms with E-state index in [0.717, 1.165) is 50.0 Å². The molecule has 1 fully saturated rings. The van der Waals surface area contributed by atoms with Gasteiger partial charge in [-0.05, 0) is 39.5 Å². The average Bonchev–Trinajstić information content (AvgIpc) is 2.93. The molecule has 2 aliphatic heterocycles. The van der Waals surface area contributed by atoms with Crippen LogP contribution in [0.4, 0.5) is 4.79 Å². The zero-order chi connectivity index (χ0) is 19.8. The number of aryl methyl sites for hydroxylation is 1. The number of piperidine rings is 1. The Balaban J connectivity index is 0.00000300. The molecule has 3 rings (SSSR count). The first-order valence-electron chi connectivity index (χ1n) is 10.6. The van der Waals surface area contributed by atoms with E-state index in [4.69, 9.17) is 9.73 Å². The minimum absolute atomic E-state index is 0. The Hall–Kier alpha value is -1.59. The van der Waals surface area contributed by atoms with Gasteiger partial charge in [0.05, 0.1) is 6.61 Å². The summed E-state index contributed by atoms with van der Waals surface area (Å²) in [5.41, 5.74) is 0. The van der Waals surface area contributed by atoms with E-state index in [1.54, 1.807) is 4.90 Å². The van der Waals surface area contributed by atoms with Crippen molar-refractivity contribution in [1.29, 1.82) is 0 Å². The Morgan fingerprint density at radius 3 is 2.69 bits per heavy atom. The first-order valence-corrected chi connectivity index (χ1v) is 10.6. The molecule has 1 aromatic rings. The van der Waals surface area contributed by atoms with Crippen LogP contribution < -0.4 is 10.6 Å². The number of guanidine groups is 1. The predicted molar refractivity (Wildman–Crippen MR) is 123 cm³/mol. The molecule has 2 N–H and O–H groups in total. The number of amides is 1. The molecule has 9 nitrogen and oxygen atoms in total. The summed E-state index contributed by atoms with van der Waals surface area (Å²) < 4.78 is 7.32. The quantitative estimate of drug-likeness (QED) is 0.352. The SMILES string of the molecule is CCNC(=NCc1nnc2n1CCCCC2)NC1CCN(C(=O)OCC)CC1.I. The van der Waals surface area contributed by atoms with Gasteiger partial charge in [-0.15, -0.1) is 34.2 Å². The van der Waals surface area contributed by atoms with Gasteiger partial charge in [0.2, 0.25) is 0 Å². The van der Waals surface area contributed by atoms with Crippen molar-refractivity contribution in [2.45, 2.75) is 71.5 Å². The van der Waals surface area contributed by atoms with E-state index < -0.39 is 0 Å². The van der Waals surface area contributed by atoms with E-state index in [0.29, 0.717) is 32.3 Å². The van der Waals surface area contributed by atoms with Gasteiger partial charge in [0.15, 0.2) is 11.8 Å². The number of ether oxygens (including phenoxy) is 1. The molecule has 1 saturated heterocycles. The summed E-state index contributed by atoms with van der Waals surface area (Å²) in [5, 5.41) is 15.5. The first-order chi connectivity index (χ1) is 13.7. The lowest BCUT2D eigenvalue weighted by molar-refractivity contribution is 0.0963. The Labute approximate surface area is 190 Å². The number of likely N-dealkylation sites (tertiary alicyclic amines) is 1. The van der Waals surface area contributed by atoms with Crippen LogP contribution >= 0.6 is 24.0 Å². The van der Waals surface area contributed by atoms with Crippen LogP contribution in [0, 0.1) is 0 Å². The largest absolute Gasteiger partial charge is 0.450 e. The lowest BCUT2D eigenvalue weighted by Gasteiger charge is -2.32. The van der Waals surface area contributed by atoms with Crippen molar-refractivity contribution in [2.75, 3.05) is 26.2 Å². The van der Waals surface area contributed by atoms with Crippen LogP contribution in [-0.2, 0) is 24.2 Å². The summed E-state index contributed by atoms with van der Waals surface area (Å²) in [6, 6.07) is 0.291. The number of carbonyl (C=O) groups is 1.